The van der Waals surface area contributed by atoms with Gasteiger partial charge in [0.05, 0.1) is 16.0 Å². The zero-order valence-electron chi connectivity index (χ0n) is 18.4. The minimum Gasteiger partial charge on any atom is -0.490 e. The van der Waals surface area contributed by atoms with Crippen molar-refractivity contribution in [1.82, 2.24) is 0 Å². The van der Waals surface area contributed by atoms with Crippen molar-refractivity contribution in [2.24, 2.45) is 4.99 Å². The van der Waals surface area contributed by atoms with Gasteiger partial charge in [-0.1, -0.05) is 23.7 Å². The third kappa shape index (κ3) is 5.87. The van der Waals surface area contributed by atoms with Crippen LogP contribution in [0.2, 0.25) is 5.02 Å². The molecule has 0 aliphatic carbocycles. The number of hydrogen-bond acceptors (Lipinski definition) is 7. The van der Waals surface area contributed by atoms with E-state index in [0.29, 0.717) is 38.7 Å². The van der Waals surface area contributed by atoms with E-state index in [2.05, 4.69) is 20.9 Å². The summed E-state index contributed by atoms with van der Waals surface area (Å²) in [6.45, 7) is 2.55. The van der Waals surface area contributed by atoms with Gasteiger partial charge in [0, 0.05) is 22.7 Å². The number of halogens is 2. The molecule has 0 bridgehead atoms. The Bertz CT molecular complexity index is 1350. The van der Waals surface area contributed by atoms with Gasteiger partial charge in [-0.05, 0) is 76.5 Å². The lowest BCUT2D eigenvalue weighted by Crippen LogP contribution is -2.05. The summed E-state index contributed by atoms with van der Waals surface area (Å²) in [5.41, 5.74) is 2.00. The van der Waals surface area contributed by atoms with Gasteiger partial charge in [-0.15, -0.1) is 0 Å². The molecule has 0 atom stereocenters. The first kappa shape index (κ1) is 24.4. The molecular formula is C25H18BrClN2O6. The second kappa shape index (κ2) is 10.7. The molecule has 0 unspecified atom stereocenters. The molecule has 0 amide bonds. The fourth-order valence-corrected chi connectivity index (χ4v) is 4.06. The molecule has 3 aromatic rings. The Morgan fingerprint density at radius 3 is 2.60 bits per heavy atom. The van der Waals surface area contributed by atoms with Gasteiger partial charge >= 0.3 is 5.97 Å². The number of hydrogen-bond donors (Lipinski definition) is 0. The third-order valence-corrected chi connectivity index (χ3v) is 5.68. The summed E-state index contributed by atoms with van der Waals surface area (Å²) in [5.74, 6) is 0.440. The molecule has 0 saturated heterocycles. The number of carbonyl (C=O) groups excluding carboxylic acids is 1. The summed E-state index contributed by atoms with van der Waals surface area (Å²) in [6, 6.07) is 16.5. The van der Waals surface area contributed by atoms with E-state index in [9.17, 15) is 14.9 Å². The largest absolute Gasteiger partial charge is 0.490 e. The molecule has 35 heavy (non-hydrogen) atoms. The summed E-state index contributed by atoms with van der Waals surface area (Å²) in [5, 5.41) is 11.5. The highest BCUT2D eigenvalue weighted by Crippen LogP contribution is 2.38. The van der Waals surface area contributed by atoms with Gasteiger partial charge in [0.25, 0.3) is 5.69 Å². The summed E-state index contributed by atoms with van der Waals surface area (Å²) in [6.07, 6.45) is 1.56. The molecular weight excluding hydrogens is 540 g/mol. The minimum atomic E-state index is -0.631. The molecule has 0 spiro atoms. The number of cyclic esters (lactones) is 1. The fraction of sp³-hybridized carbons (Fsp3) is 0.120. The number of carbonyl (C=O) groups is 1. The Morgan fingerprint density at radius 2 is 1.91 bits per heavy atom. The van der Waals surface area contributed by atoms with Crippen LogP contribution in [-0.2, 0) is 16.1 Å². The van der Waals surface area contributed by atoms with Gasteiger partial charge < -0.3 is 14.2 Å². The van der Waals surface area contributed by atoms with E-state index in [-0.39, 0.29) is 23.9 Å². The number of aliphatic imine (C=N–C) groups is 1. The third-order valence-electron chi connectivity index (χ3n) is 4.85. The zero-order valence-corrected chi connectivity index (χ0v) is 20.7. The molecule has 1 aliphatic rings. The van der Waals surface area contributed by atoms with E-state index in [1.165, 1.54) is 24.3 Å². The lowest BCUT2D eigenvalue weighted by molar-refractivity contribution is -0.384. The van der Waals surface area contributed by atoms with Crippen LogP contribution in [0, 0.1) is 10.1 Å². The highest BCUT2D eigenvalue weighted by Gasteiger charge is 2.25. The monoisotopic (exact) mass is 556 g/mol. The SMILES string of the molecule is CCOc1cc(/C=C2\N=C(c3ccc([N+](=O)[O-])cc3)OC2=O)cc(Br)c1OCc1cccc(Cl)c1. The van der Waals surface area contributed by atoms with E-state index in [0.717, 1.165) is 5.56 Å². The Balaban J connectivity index is 1.59. The number of rotatable bonds is 8. The van der Waals surface area contributed by atoms with Crippen LogP contribution in [-0.4, -0.2) is 23.4 Å². The van der Waals surface area contributed by atoms with Crippen molar-refractivity contribution in [3.8, 4) is 11.5 Å². The molecule has 4 rings (SSSR count). The zero-order chi connectivity index (χ0) is 24.9. The maximum Gasteiger partial charge on any atom is 0.363 e. The predicted molar refractivity (Wildman–Crippen MR) is 135 cm³/mol. The standard InChI is InChI=1S/C25H18BrClN2O6/c1-2-33-22-13-16(11-20(26)23(22)34-14-15-4-3-5-18(27)10-15)12-21-25(30)35-24(28-21)17-6-8-19(9-7-17)29(31)32/h3-13H,2,14H2,1H3/b21-12-. The molecule has 178 valence electrons. The van der Waals surface area contributed by atoms with Crippen molar-refractivity contribution in [3.05, 3.63) is 103 Å². The van der Waals surface area contributed by atoms with Crippen LogP contribution in [0.5, 0.6) is 11.5 Å². The topological polar surface area (TPSA) is 100 Å². The predicted octanol–water partition coefficient (Wildman–Crippen LogP) is 6.33. The molecule has 10 heteroatoms. The van der Waals surface area contributed by atoms with E-state index >= 15 is 0 Å². The van der Waals surface area contributed by atoms with E-state index in [4.69, 9.17) is 25.8 Å². The molecule has 0 aromatic heterocycles. The summed E-state index contributed by atoms with van der Waals surface area (Å²) < 4.78 is 17.6. The van der Waals surface area contributed by atoms with Crippen molar-refractivity contribution in [3.63, 3.8) is 0 Å². The van der Waals surface area contributed by atoms with Crippen molar-refractivity contribution < 1.29 is 23.9 Å². The lowest BCUT2D eigenvalue weighted by atomic mass is 10.1. The molecule has 3 aromatic carbocycles. The molecule has 0 fully saturated rings. The van der Waals surface area contributed by atoms with Gasteiger partial charge in [0.1, 0.15) is 6.61 Å². The fourth-order valence-electron chi connectivity index (χ4n) is 3.27. The Hall–Kier alpha value is -3.69. The molecule has 0 saturated carbocycles. The number of benzene rings is 3. The van der Waals surface area contributed by atoms with Crippen LogP contribution in [0.3, 0.4) is 0 Å². The Labute approximate surface area is 214 Å². The maximum atomic E-state index is 12.4. The quantitative estimate of drug-likeness (QED) is 0.139. The number of non-ortho nitro benzene ring substituents is 1. The van der Waals surface area contributed by atoms with Crippen molar-refractivity contribution in [1.29, 1.82) is 0 Å². The average Bonchev–Trinajstić information content (AvgIpc) is 3.19. The molecule has 0 radical (unpaired) electrons. The van der Waals surface area contributed by atoms with Gasteiger partial charge in [0.2, 0.25) is 5.90 Å². The van der Waals surface area contributed by atoms with Crippen LogP contribution < -0.4 is 9.47 Å². The Kier molecular flexibility index (Phi) is 7.48. The molecule has 0 N–H and O–H groups in total. The first-order valence-electron chi connectivity index (χ1n) is 10.4. The summed E-state index contributed by atoms with van der Waals surface area (Å²) in [4.78, 5) is 27.0. The smallest absolute Gasteiger partial charge is 0.363 e. The van der Waals surface area contributed by atoms with Crippen LogP contribution in [0.15, 0.2) is 75.8 Å². The van der Waals surface area contributed by atoms with Gasteiger partial charge in [0.15, 0.2) is 17.2 Å². The highest BCUT2D eigenvalue weighted by atomic mass is 79.9. The second-order valence-corrected chi connectivity index (χ2v) is 8.61. The van der Waals surface area contributed by atoms with E-state index < -0.39 is 10.9 Å². The Morgan fingerprint density at radius 1 is 1.14 bits per heavy atom. The minimum absolute atomic E-state index is 0.0691. The van der Waals surface area contributed by atoms with Crippen LogP contribution >= 0.6 is 27.5 Å². The molecule has 1 heterocycles. The van der Waals surface area contributed by atoms with E-state index in [1.807, 2.05) is 25.1 Å². The van der Waals surface area contributed by atoms with Gasteiger partial charge in [-0.3, -0.25) is 10.1 Å². The number of esters is 1. The lowest BCUT2D eigenvalue weighted by Gasteiger charge is -2.15. The van der Waals surface area contributed by atoms with E-state index in [1.54, 1.807) is 24.3 Å². The number of nitro benzene ring substituents is 1. The van der Waals surface area contributed by atoms with Crippen LogP contribution in [0.1, 0.15) is 23.6 Å². The van der Waals surface area contributed by atoms with Gasteiger partial charge in [-0.2, -0.15) is 0 Å². The summed E-state index contributed by atoms with van der Waals surface area (Å²) in [7, 11) is 0. The second-order valence-electron chi connectivity index (χ2n) is 7.32. The van der Waals surface area contributed by atoms with Crippen molar-refractivity contribution in [2.75, 3.05) is 6.61 Å². The number of nitrogens with zero attached hydrogens (tertiary/aromatic N) is 2. The number of nitro groups is 1. The van der Waals surface area contributed by atoms with Crippen molar-refractivity contribution >= 4 is 51.2 Å². The first-order valence-corrected chi connectivity index (χ1v) is 11.6. The first-order chi connectivity index (χ1) is 16.8. The summed E-state index contributed by atoms with van der Waals surface area (Å²) >= 11 is 9.57. The average molecular weight is 558 g/mol. The number of ether oxygens (including phenoxy) is 3. The maximum absolute atomic E-state index is 12.4. The normalized spacial score (nSPS) is 14.0. The van der Waals surface area contributed by atoms with Gasteiger partial charge in [-0.25, -0.2) is 9.79 Å². The van der Waals surface area contributed by atoms with Crippen LogP contribution in [0.25, 0.3) is 6.08 Å². The highest BCUT2D eigenvalue weighted by molar-refractivity contribution is 9.10. The molecule has 1 aliphatic heterocycles. The van der Waals surface area contributed by atoms with Crippen LogP contribution in [0.4, 0.5) is 5.69 Å². The molecule has 8 nitrogen and oxygen atoms in total. The van der Waals surface area contributed by atoms with Crippen molar-refractivity contribution in [2.45, 2.75) is 13.5 Å².